The van der Waals surface area contributed by atoms with Gasteiger partial charge in [0.15, 0.2) is 0 Å². The minimum absolute atomic E-state index is 0.0490. The van der Waals surface area contributed by atoms with Crippen LogP contribution in [0.15, 0.2) is 121 Å². The number of anilines is 2. The maximum absolute atomic E-state index is 2.46. The summed E-state index contributed by atoms with van der Waals surface area (Å²) in [5.41, 5.74) is 14.8. The molecule has 0 radical (unpaired) electrons. The molecule has 0 amide bonds. The fraction of sp³-hybridized carbons (Fsp3) is 0.179. The number of aryl methyl sites for hydroxylation is 1. The van der Waals surface area contributed by atoms with Gasteiger partial charge in [0.2, 0.25) is 0 Å². The smallest absolute Gasteiger partial charge is 0.0411 e. The lowest BCUT2D eigenvalue weighted by atomic mass is 9.71. The molecule has 0 saturated heterocycles. The molecule has 40 heavy (non-hydrogen) atoms. The molecule has 2 aliphatic rings. The predicted octanol–water partition coefficient (Wildman–Crippen LogP) is 10.0. The van der Waals surface area contributed by atoms with E-state index in [0.717, 1.165) is 25.7 Å². The average Bonchev–Trinajstić information content (AvgIpc) is 3.30. The molecule has 1 nitrogen and oxygen atoms in total. The summed E-state index contributed by atoms with van der Waals surface area (Å²) in [6, 6.07) is 42.9. The molecule has 1 unspecified atom stereocenters. The average molecular weight is 518 g/mol. The van der Waals surface area contributed by atoms with Crippen LogP contribution in [-0.4, -0.2) is 7.05 Å². The van der Waals surface area contributed by atoms with Crippen molar-refractivity contribution in [1.82, 2.24) is 0 Å². The van der Waals surface area contributed by atoms with Crippen LogP contribution >= 0.6 is 0 Å². The van der Waals surface area contributed by atoms with E-state index < -0.39 is 0 Å². The predicted molar refractivity (Wildman–Crippen MR) is 170 cm³/mol. The summed E-state index contributed by atoms with van der Waals surface area (Å²) in [7, 11) is 2.19. The summed E-state index contributed by atoms with van der Waals surface area (Å²) in [6.07, 6.45) is 9.00. The van der Waals surface area contributed by atoms with Gasteiger partial charge in [0, 0.05) is 23.8 Å². The Balaban J connectivity index is 1.28. The first kappa shape index (κ1) is 24.7. The van der Waals surface area contributed by atoms with Crippen molar-refractivity contribution in [3.05, 3.63) is 149 Å². The SMILES string of the molecule is CCC1(Cc2ccc3c(c2)C=CCC3)c2ccccc2-c2ccc(N(C)c3ccc(-c4ccccc4)cc3)cc21. The number of hydrogen-bond acceptors (Lipinski definition) is 1. The molecule has 0 aromatic heterocycles. The highest BCUT2D eigenvalue weighted by atomic mass is 15.1. The molecule has 0 aliphatic heterocycles. The molecular weight excluding hydrogens is 482 g/mol. The van der Waals surface area contributed by atoms with Gasteiger partial charge in [-0.1, -0.05) is 110 Å². The fourth-order valence-corrected chi connectivity index (χ4v) is 6.94. The molecule has 1 heteroatoms. The van der Waals surface area contributed by atoms with Crippen molar-refractivity contribution in [2.45, 2.75) is 38.0 Å². The van der Waals surface area contributed by atoms with Crippen molar-refractivity contribution in [2.24, 2.45) is 0 Å². The minimum Gasteiger partial charge on any atom is -0.345 e. The summed E-state index contributed by atoms with van der Waals surface area (Å²) >= 11 is 0. The zero-order chi connectivity index (χ0) is 27.1. The molecule has 1 atom stereocenters. The van der Waals surface area contributed by atoms with Crippen molar-refractivity contribution >= 4 is 17.5 Å². The van der Waals surface area contributed by atoms with Crippen molar-refractivity contribution in [1.29, 1.82) is 0 Å². The third-order valence-corrected chi connectivity index (χ3v) is 9.20. The molecule has 0 spiro atoms. The van der Waals surface area contributed by atoms with Crippen LogP contribution < -0.4 is 4.90 Å². The van der Waals surface area contributed by atoms with Crippen LogP contribution in [0.3, 0.4) is 0 Å². The Bertz CT molecular complexity index is 1710. The van der Waals surface area contributed by atoms with E-state index in [4.69, 9.17) is 0 Å². The Kier molecular flexibility index (Phi) is 6.16. The number of hydrogen-bond donors (Lipinski definition) is 0. The maximum atomic E-state index is 2.46. The summed E-state index contributed by atoms with van der Waals surface area (Å²) in [5.74, 6) is 0. The van der Waals surface area contributed by atoms with Gasteiger partial charge < -0.3 is 4.90 Å². The zero-order valence-corrected chi connectivity index (χ0v) is 23.4. The molecule has 5 aromatic carbocycles. The largest absolute Gasteiger partial charge is 0.345 e. The Morgan fingerprint density at radius 3 is 2.23 bits per heavy atom. The molecule has 5 aromatic rings. The molecule has 0 fully saturated rings. The quantitative estimate of drug-likeness (QED) is 0.217. The highest BCUT2D eigenvalue weighted by Crippen LogP contribution is 2.53. The van der Waals surface area contributed by atoms with Gasteiger partial charge in [-0.15, -0.1) is 0 Å². The first-order valence-electron chi connectivity index (χ1n) is 14.6. The molecule has 196 valence electrons. The lowest BCUT2D eigenvalue weighted by Gasteiger charge is -2.32. The highest BCUT2D eigenvalue weighted by molar-refractivity contribution is 5.84. The van der Waals surface area contributed by atoms with Crippen molar-refractivity contribution in [2.75, 3.05) is 11.9 Å². The van der Waals surface area contributed by atoms with Crippen LogP contribution in [0.25, 0.3) is 28.3 Å². The normalized spacial score (nSPS) is 16.8. The van der Waals surface area contributed by atoms with Gasteiger partial charge in [0.05, 0.1) is 0 Å². The van der Waals surface area contributed by atoms with Crippen LogP contribution in [0.5, 0.6) is 0 Å². The van der Waals surface area contributed by atoms with Crippen LogP contribution in [0.2, 0.25) is 0 Å². The van der Waals surface area contributed by atoms with Crippen LogP contribution in [0.1, 0.15) is 47.6 Å². The Morgan fingerprint density at radius 2 is 1.40 bits per heavy atom. The van der Waals surface area contributed by atoms with Gasteiger partial charge >= 0.3 is 0 Å². The Hall–Kier alpha value is -4.36. The highest BCUT2D eigenvalue weighted by Gasteiger charge is 2.42. The Labute approximate surface area is 238 Å². The van der Waals surface area contributed by atoms with E-state index in [1.807, 2.05) is 0 Å². The maximum Gasteiger partial charge on any atom is 0.0411 e. The van der Waals surface area contributed by atoms with Gasteiger partial charge in [-0.2, -0.15) is 0 Å². The monoisotopic (exact) mass is 517 g/mol. The molecule has 2 aliphatic carbocycles. The van der Waals surface area contributed by atoms with E-state index in [1.165, 1.54) is 61.4 Å². The summed E-state index contributed by atoms with van der Waals surface area (Å²) in [4.78, 5) is 2.32. The van der Waals surface area contributed by atoms with E-state index in [1.54, 1.807) is 0 Å². The van der Waals surface area contributed by atoms with Crippen molar-refractivity contribution < 1.29 is 0 Å². The summed E-state index contributed by atoms with van der Waals surface area (Å²) in [5, 5.41) is 0. The van der Waals surface area contributed by atoms with E-state index in [-0.39, 0.29) is 5.41 Å². The van der Waals surface area contributed by atoms with Crippen molar-refractivity contribution in [3.8, 4) is 22.3 Å². The number of nitrogens with zero attached hydrogens (tertiary/aromatic N) is 1. The van der Waals surface area contributed by atoms with Gasteiger partial charge in [-0.3, -0.25) is 0 Å². The lowest BCUT2D eigenvalue weighted by molar-refractivity contribution is 0.505. The molecule has 0 heterocycles. The van der Waals surface area contributed by atoms with Gasteiger partial charge in [-0.05, 0) is 100 Å². The third kappa shape index (κ3) is 4.09. The Morgan fingerprint density at radius 1 is 0.675 bits per heavy atom. The summed E-state index contributed by atoms with van der Waals surface area (Å²) in [6.45, 7) is 2.36. The van der Waals surface area contributed by atoms with E-state index in [9.17, 15) is 0 Å². The van der Waals surface area contributed by atoms with Gasteiger partial charge in [0.25, 0.3) is 0 Å². The second kappa shape index (κ2) is 9.99. The standard InChI is InChI=1S/C39H35N/c1-3-39(27-28-17-18-30-13-7-8-14-32(30)25-28)37-16-10-9-15-35(37)36-24-23-34(26-38(36)39)40(2)33-21-19-31(20-22-33)29-11-5-4-6-12-29/h4-6,8-12,14-26H,3,7,13,27H2,1-2H3. The number of rotatable bonds is 6. The van der Waals surface area contributed by atoms with E-state index >= 15 is 0 Å². The summed E-state index contributed by atoms with van der Waals surface area (Å²) < 4.78 is 0. The lowest BCUT2D eigenvalue weighted by Crippen LogP contribution is -2.27. The van der Waals surface area contributed by atoms with Gasteiger partial charge in [-0.25, -0.2) is 0 Å². The second-order valence-electron chi connectivity index (χ2n) is 11.3. The first-order valence-corrected chi connectivity index (χ1v) is 14.6. The number of allylic oxidation sites excluding steroid dienone is 1. The van der Waals surface area contributed by atoms with Crippen LogP contribution in [0.4, 0.5) is 11.4 Å². The van der Waals surface area contributed by atoms with Gasteiger partial charge in [0.1, 0.15) is 0 Å². The third-order valence-electron chi connectivity index (χ3n) is 9.20. The molecule has 0 saturated carbocycles. The fourth-order valence-electron chi connectivity index (χ4n) is 6.94. The number of fused-ring (bicyclic) bond motifs is 4. The topological polar surface area (TPSA) is 3.24 Å². The second-order valence-corrected chi connectivity index (χ2v) is 11.3. The van der Waals surface area contributed by atoms with Crippen LogP contribution in [0, 0.1) is 0 Å². The molecule has 0 N–H and O–H groups in total. The van der Waals surface area contributed by atoms with E-state index in [2.05, 4.69) is 146 Å². The van der Waals surface area contributed by atoms with E-state index in [0.29, 0.717) is 0 Å². The first-order chi connectivity index (χ1) is 19.7. The molecule has 0 bridgehead atoms. The van der Waals surface area contributed by atoms with Crippen LogP contribution in [-0.2, 0) is 18.3 Å². The molecular formula is C39H35N. The number of benzene rings is 5. The van der Waals surface area contributed by atoms with Crippen molar-refractivity contribution in [3.63, 3.8) is 0 Å². The molecule has 7 rings (SSSR count). The minimum atomic E-state index is -0.0490. The zero-order valence-electron chi connectivity index (χ0n) is 23.4.